The number of unbranched alkanes of at least 4 members (excludes halogenated alkanes) is 1. The number of thiol groups is 1. The van der Waals surface area contributed by atoms with Crippen molar-refractivity contribution < 1.29 is 4.39 Å². The van der Waals surface area contributed by atoms with Crippen LogP contribution < -0.4 is 0 Å². The molecule has 1 rings (SSSR count). The van der Waals surface area contributed by atoms with E-state index in [2.05, 4.69) is 19.6 Å². The Kier molecular flexibility index (Phi) is 2.99. The summed E-state index contributed by atoms with van der Waals surface area (Å²) in [7, 11) is 0. The lowest BCUT2D eigenvalue weighted by atomic mass is 10.1. The van der Waals surface area contributed by atoms with Crippen molar-refractivity contribution >= 4 is 12.6 Å². The van der Waals surface area contributed by atoms with Crippen molar-refractivity contribution in [3.8, 4) is 0 Å². The van der Waals surface area contributed by atoms with Crippen LogP contribution in [0, 0.1) is 0 Å². The summed E-state index contributed by atoms with van der Waals surface area (Å²) in [5.74, 6) is 0. The topological polar surface area (TPSA) is 0 Å². The number of hydrogen-bond acceptors (Lipinski definition) is 1. The predicted molar refractivity (Wildman–Crippen MR) is 49.7 cm³/mol. The van der Waals surface area contributed by atoms with Crippen molar-refractivity contribution in [2.45, 2.75) is 44.0 Å². The average molecular weight is 174 g/mol. The Hall–Kier alpha value is 0.0200. The van der Waals surface area contributed by atoms with Crippen LogP contribution in [0.3, 0.4) is 0 Å². The molecule has 1 unspecified atom stereocenters. The number of hydrogen-bond donors (Lipinski definition) is 1. The summed E-state index contributed by atoms with van der Waals surface area (Å²) in [5.41, 5.74) is 1.25. The van der Waals surface area contributed by atoms with Crippen LogP contribution in [-0.4, -0.2) is 5.00 Å². The molecular formula is C9H15FS. The van der Waals surface area contributed by atoms with E-state index < -0.39 is 5.00 Å². The highest BCUT2D eigenvalue weighted by Gasteiger charge is 2.29. The monoisotopic (exact) mass is 174 g/mol. The van der Waals surface area contributed by atoms with Crippen molar-refractivity contribution in [1.82, 2.24) is 0 Å². The maximum absolute atomic E-state index is 13.1. The summed E-state index contributed by atoms with van der Waals surface area (Å²) >= 11 is 3.91. The molecule has 0 aromatic heterocycles. The van der Waals surface area contributed by atoms with Crippen LogP contribution in [0.1, 0.15) is 39.0 Å². The third kappa shape index (κ3) is 2.86. The third-order valence-corrected chi connectivity index (χ3v) is 2.39. The molecule has 0 fully saturated rings. The van der Waals surface area contributed by atoms with Crippen molar-refractivity contribution in [3.63, 3.8) is 0 Å². The number of allylic oxidation sites excluding steroid dienone is 2. The molecule has 1 atom stereocenters. The number of alkyl halides is 1. The lowest BCUT2D eigenvalue weighted by molar-refractivity contribution is 0.306. The van der Waals surface area contributed by atoms with Gasteiger partial charge in [-0.15, -0.1) is 12.6 Å². The maximum Gasteiger partial charge on any atom is 0.160 e. The standard InChI is InChI=1S/C9H15FS/c1-2-3-4-8-5-6-9(10,11)7-8/h5,11H,2-4,6-7H2,1H3. The molecule has 0 aliphatic heterocycles. The predicted octanol–water partition coefficient (Wildman–Crippen LogP) is 3.49. The Morgan fingerprint density at radius 3 is 2.91 bits per heavy atom. The first kappa shape index (κ1) is 9.11. The van der Waals surface area contributed by atoms with Gasteiger partial charge in [-0.05, 0) is 12.8 Å². The molecule has 64 valence electrons. The van der Waals surface area contributed by atoms with Crippen LogP contribution in [0.4, 0.5) is 4.39 Å². The lowest BCUT2D eigenvalue weighted by Gasteiger charge is -2.10. The van der Waals surface area contributed by atoms with Gasteiger partial charge in [-0.1, -0.05) is 25.0 Å². The minimum Gasteiger partial charge on any atom is -0.232 e. The summed E-state index contributed by atoms with van der Waals surface area (Å²) in [5, 5.41) is -1.23. The first-order valence-electron chi connectivity index (χ1n) is 4.23. The molecule has 0 N–H and O–H groups in total. The van der Waals surface area contributed by atoms with Gasteiger partial charge < -0.3 is 0 Å². The minimum atomic E-state index is -1.23. The van der Waals surface area contributed by atoms with Gasteiger partial charge in [0.1, 0.15) is 0 Å². The molecule has 0 saturated carbocycles. The molecule has 1 aliphatic rings. The second-order valence-electron chi connectivity index (χ2n) is 3.26. The van der Waals surface area contributed by atoms with Gasteiger partial charge in [0.15, 0.2) is 5.00 Å². The fourth-order valence-corrected chi connectivity index (χ4v) is 1.68. The smallest absolute Gasteiger partial charge is 0.160 e. The molecule has 11 heavy (non-hydrogen) atoms. The first-order chi connectivity index (χ1) is 5.14. The molecule has 0 aromatic rings. The van der Waals surface area contributed by atoms with Crippen molar-refractivity contribution in [3.05, 3.63) is 11.6 Å². The molecule has 2 heteroatoms. The Morgan fingerprint density at radius 2 is 2.45 bits per heavy atom. The molecular weight excluding hydrogens is 159 g/mol. The van der Waals surface area contributed by atoms with Gasteiger partial charge in [0.05, 0.1) is 0 Å². The Morgan fingerprint density at radius 1 is 1.73 bits per heavy atom. The van der Waals surface area contributed by atoms with E-state index in [9.17, 15) is 4.39 Å². The van der Waals surface area contributed by atoms with Gasteiger partial charge in [-0.25, -0.2) is 4.39 Å². The van der Waals surface area contributed by atoms with Gasteiger partial charge in [-0.3, -0.25) is 0 Å². The van der Waals surface area contributed by atoms with Gasteiger partial charge >= 0.3 is 0 Å². The molecule has 0 amide bonds. The van der Waals surface area contributed by atoms with E-state index >= 15 is 0 Å². The summed E-state index contributed by atoms with van der Waals surface area (Å²) in [6.07, 6.45) is 6.45. The fourth-order valence-electron chi connectivity index (χ4n) is 1.39. The van der Waals surface area contributed by atoms with Crippen LogP contribution in [-0.2, 0) is 0 Å². The average Bonchev–Trinajstić information content (AvgIpc) is 2.26. The Labute approximate surface area is 73.3 Å². The van der Waals surface area contributed by atoms with Crippen molar-refractivity contribution in [2.24, 2.45) is 0 Å². The van der Waals surface area contributed by atoms with Crippen molar-refractivity contribution in [2.75, 3.05) is 0 Å². The first-order valence-corrected chi connectivity index (χ1v) is 4.68. The molecule has 0 heterocycles. The van der Waals surface area contributed by atoms with E-state index in [1.54, 1.807) is 0 Å². The van der Waals surface area contributed by atoms with Gasteiger partial charge in [0.25, 0.3) is 0 Å². The zero-order chi connectivity index (χ0) is 8.32. The van der Waals surface area contributed by atoms with Gasteiger partial charge in [0, 0.05) is 12.8 Å². The molecule has 0 spiro atoms. The zero-order valence-corrected chi connectivity index (χ0v) is 7.83. The summed E-state index contributed by atoms with van der Waals surface area (Å²) in [6, 6.07) is 0. The SMILES string of the molecule is CCCCC1=CCC(F)(S)C1. The van der Waals surface area contributed by atoms with Crippen LogP contribution in [0.25, 0.3) is 0 Å². The van der Waals surface area contributed by atoms with E-state index in [-0.39, 0.29) is 0 Å². The van der Waals surface area contributed by atoms with E-state index in [0.717, 1.165) is 6.42 Å². The summed E-state index contributed by atoms with van der Waals surface area (Å²) in [6.45, 7) is 2.15. The summed E-state index contributed by atoms with van der Waals surface area (Å²) in [4.78, 5) is 0. The molecule has 0 nitrogen and oxygen atoms in total. The molecule has 0 aromatic carbocycles. The largest absolute Gasteiger partial charge is 0.232 e. The van der Waals surface area contributed by atoms with Crippen LogP contribution in [0.5, 0.6) is 0 Å². The highest BCUT2D eigenvalue weighted by atomic mass is 32.1. The molecule has 0 saturated heterocycles. The second kappa shape index (κ2) is 3.61. The van der Waals surface area contributed by atoms with Crippen LogP contribution >= 0.6 is 12.6 Å². The second-order valence-corrected chi connectivity index (χ2v) is 4.07. The maximum atomic E-state index is 13.1. The van der Waals surface area contributed by atoms with Crippen LogP contribution in [0.2, 0.25) is 0 Å². The van der Waals surface area contributed by atoms with E-state index in [0.29, 0.717) is 12.8 Å². The fraction of sp³-hybridized carbons (Fsp3) is 0.778. The number of rotatable bonds is 3. The highest BCUT2D eigenvalue weighted by Crippen LogP contribution is 2.37. The molecule has 1 aliphatic carbocycles. The quantitative estimate of drug-likeness (QED) is 0.491. The van der Waals surface area contributed by atoms with Gasteiger partial charge in [0.2, 0.25) is 0 Å². The third-order valence-electron chi connectivity index (χ3n) is 2.05. The zero-order valence-electron chi connectivity index (χ0n) is 6.94. The summed E-state index contributed by atoms with van der Waals surface area (Å²) < 4.78 is 13.1. The van der Waals surface area contributed by atoms with E-state index in [1.807, 2.05) is 6.08 Å². The molecule has 0 radical (unpaired) electrons. The minimum absolute atomic E-state index is 0.495. The molecule has 0 bridgehead atoms. The normalized spacial score (nSPS) is 30.6. The lowest BCUT2D eigenvalue weighted by Crippen LogP contribution is -2.07. The Bertz CT molecular complexity index is 161. The van der Waals surface area contributed by atoms with E-state index in [4.69, 9.17) is 0 Å². The van der Waals surface area contributed by atoms with Crippen LogP contribution in [0.15, 0.2) is 11.6 Å². The van der Waals surface area contributed by atoms with Crippen molar-refractivity contribution in [1.29, 1.82) is 0 Å². The highest BCUT2D eigenvalue weighted by molar-refractivity contribution is 7.81. The Balaban J connectivity index is 2.29. The number of halogens is 1. The van der Waals surface area contributed by atoms with E-state index in [1.165, 1.54) is 18.4 Å². The van der Waals surface area contributed by atoms with Gasteiger partial charge in [-0.2, -0.15) is 0 Å².